The summed E-state index contributed by atoms with van der Waals surface area (Å²) in [5.74, 6) is 1.48. The summed E-state index contributed by atoms with van der Waals surface area (Å²) in [5, 5.41) is 10.7. The Balaban J connectivity index is 1.67. The van der Waals surface area contributed by atoms with Gasteiger partial charge < -0.3 is 24.1 Å². The Morgan fingerprint density at radius 2 is 1.96 bits per heavy atom. The molecule has 0 atom stereocenters. The molecule has 0 aliphatic carbocycles. The molecular weight excluding hydrogens is 360 g/mol. The van der Waals surface area contributed by atoms with Crippen LogP contribution in [-0.2, 0) is 0 Å². The third kappa shape index (κ3) is 3.17. The van der Waals surface area contributed by atoms with Crippen molar-refractivity contribution in [1.82, 2.24) is 0 Å². The third-order valence-electron chi connectivity index (χ3n) is 4.58. The van der Waals surface area contributed by atoms with Crippen LogP contribution < -0.4 is 18.9 Å². The lowest BCUT2D eigenvalue weighted by Gasteiger charge is -2.29. The van der Waals surface area contributed by atoms with Gasteiger partial charge >= 0.3 is 0 Å². The number of carbonyl (C=O) groups is 1. The van der Waals surface area contributed by atoms with Crippen molar-refractivity contribution in [3.8, 4) is 28.7 Å². The summed E-state index contributed by atoms with van der Waals surface area (Å²) in [6.45, 7) is 4.00. The first-order chi connectivity index (χ1) is 13.4. The number of hydrogen-bond donors (Lipinski definition) is 1. The predicted octanol–water partition coefficient (Wildman–Crippen LogP) is 4.21. The van der Waals surface area contributed by atoms with E-state index in [1.165, 1.54) is 13.2 Å². The number of fused-ring (bicyclic) bond motifs is 2. The quantitative estimate of drug-likeness (QED) is 0.633. The van der Waals surface area contributed by atoms with E-state index in [4.69, 9.17) is 18.9 Å². The number of phenolic OH excluding ortho intramolecular Hbond substituents is 1. The second-order valence-corrected chi connectivity index (χ2v) is 7.06. The molecule has 2 heterocycles. The van der Waals surface area contributed by atoms with Crippen molar-refractivity contribution in [3.63, 3.8) is 0 Å². The fraction of sp³-hybridized carbons (Fsp3) is 0.227. The van der Waals surface area contributed by atoms with Crippen molar-refractivity contribution >= 4 is 17.9 Å². The van der Waals surface area contributed by atoms with Crippen molar-refractivity contribution in [2.75, 3.05) is 13.9 Å². The second kappa shape index (κ2) is 6.64. The van der Waals surface area contributed by atoms with E-state index in [2.05, 4.69) is 0 Å². The highest BCUT2D eigenvalue weighted by molar-refractivity contribution is 6.11. The highest BCUT2D eigenvalue weighted by Gasteiger charge is 2.28. The highest BCUT2D eigenvalue weighted by atomic mass is 16.7. The third-order valence-corrected chi connectivity index (χ3v) is 4.58. The monoisotopic (exact) mass is 380 g/mol. The van der Waals surface area contributed by atoms with Crippen LogP contribution in [0.1, 0.15) is 35.3 Å². The number of carbonyl (C=O) groups excluding carboxylic acids is 1. The summed E-state index contributed by atoms with van der Waals surface area (Å²) >= 11 is 0. The molecule has 144 valence electrons. The summed E-state index contributed by atoms with van der Waals surface area (Å²) in [6.07, 6.45) is 6.63. The Morgan fingerprint density at radius 3 is 2.75 bits per heavy atom. The van der Waals surface area contributed by atoms with Gasteiger partial charge in [-0.25, -0.2) is 0 Å². The van der Waals surface area contributed by atoms with Gasteiger partial charge in [0.05, 0.1) is 12.7 Å². The van der Waals surface area contributed by atoms with E-state index >= 15 is 0 Å². The van der Waals surface area contributed by atoms with Gasteiger partial charge in [0.15, 0.2) is 17.3 Å². The summed E-state index contributed by atoms with van der Waals surface area (Å²) in [7, 11) is 1.45. The number of hydrogen-bond acceptors (Lipinski definition) is 6. The van der Waals surface area contributed by atoms with Crippen LogP contribution in [0.15, 0.2) is 36.4 Å². The van der Waals surface area contributed by atoms with Crippen LogP contribution in [0.25, 0.3) is 12.2 Å². The van der Waals surface area contributed by atoms with Gasteiger partial charge in [-0.2, -0.15) is 0 Å². The lowest BCUT2D eigenvalue weighted by molar-refractivity contribution is 0.104. The molecule has 0 fully saturated rings. The SMILES string of the molecule is COc1cc2c(c(O)c1C(=O)C=Cc1ccc3c(c1)OCO3)C=CC(C)(C)O2. The summed E-state index contributed by atoms with van der Waals surface area (Å²) in [4.78, 5) is 12.8. The van der Waals surface area contributed by atoms with E-state index in [-0.39, 0.29) is 29.6 Å². The largest absolute Gasteiger partial charge is 0.506 e. The Hall–Kier alpha value is -3.41. The number of methoxy groups -OCH3 is 1. The zero-order valence-corrected chi connectivity index (χ0v) is 15.8. The van der Waals surface area contributed by atoms with Gasteiger partial charge in [-0.05, 0) is 49.8 Å². The molecule has 0 radical (unpaired) electrons. The van der Waals surface area contributed by atoms with Crippen LogP contribution in [-0.4, -0.2) is 30.4 Å². The summed E-state index contributed by atoms with van der Waals surface area (Å²) in [6, 6.07) is 7.02. The molecule has 0 bridgehead atoms. The number of rotatable bonds is 4. The van der Waals surface area contributed by atoms with Crippen molar-refractivity contribution in [2.24, 2.45) is 0 Å². The Bertz CT molecular complexity index is 1020. The van der Waals surface area contributed by atoms with Crippen LogP contribution in [0.5, 0.6) is 28.7 Å². The Kier molecular flexibility index (Phi) is 4.26. The van der Waals surface area contributed by atoms with Crippen molar-refractivity contribution in [3.05, 3.63) is 53.1 Å². The molecule has 6 heteroatoms. The number of allylic oxidation sites excluding steroid dienone is 1. The number of benzene rings is 2. The summed E-state index contributed by atoms with van der Waals surface area (Å²) < 4.78 is 21.8. The zero-order valence-electron chi connectivity index (χ0n) is 15.8. The molecule has 0 aromatic heterocycles. The van der Waals surface area contributed by atoms with Crippen molar-refractivity contribution in [1.29, 1.82) is 0 Å². The summed E-state index contributed by atoms with van der Waals surface area (Å²) in [5.41, 5.74) is 0.819. The number of aromatic hydroxyl groups is 1. The maximum absolute atomic E-state index is 12.8. The van der Waals surface area contributed by atoms with E-state index in [0.717, 1.165) is 5.56 Å². The molecule has 2 aromatic rings. The molecule has 0 spiro atoms. The molecule has 2 aliphatic rings. The average molecular weight is 380 g/mol. The van der Waals surface area contributed by atoms with Crippen LogP contribution in [0.4, 0.5) is 0 Å². The van der Waals surface area contributed by atoms with Gasteiger partial charge in [0.25, 0.3) is 0 Å². The maximum Gasteiger partial charge on any atom is 0.231 e. The number of phenols is 1. The van der Waals surface area contributed by atoms with Gasteiger partial charge in [-0.3, -0.25) is 4.79 Å². The lowest BCUT2D eigenvalue weighted by atomic mass is 9.97. The molecule has 0 amide bonds. The van der Waals surface area contributed by atoms with E-state index in [9.17, 15) is 9.90 Å². The predicted molar refractivity (Wildman–Crippen MR) is 104 cm³/mol. The van der Waals surface area contributed by atoms with E-state index < -0.39 is 5.60 Å². The smallest absolute Gasteiger partial charge is 0.231 e. The van der Waals surface area contributed by atoms with E-state index in [0.29, 0.717) is 22.8 Å². The first kappa shape index (κ1) is 18.0. The molecule has 2 aliphatic heterocycles. The fourth-order valence-electron chi connectivity index (χ4n) is 3.16. The molecule has 28 heavy (non-hydrogen) atoms. The number of ether oxygens (including phenoxy) is 4. The first-order valence-electron chi connectivity index (χ1n) is 8.82. The van der Waals surface area contributed by atoms with Crippen molar-refractivity contribution in [2.45, 2.75) is 19.4 Å². The van der Waals surface area contributed by atoms with Gasteiger partial charge in [0.2, 0.25) is 6.79 Å². The molecule has 0 saturated carbocycles. The minimum Gasteiger partial charge on any atom is -0.506 e. The fourth-order valence-corrected chi connectivity index (χ4v) is 3.16. The minimum atomic E-state index is -0.505. The number of ketones is 1. The molecule has 0 saturated heterocycles. The normalized spacial score (nSPS) is 16.0. The molecule has 0 unspecified atom stereocenters. The molecule has 6 nitrogen and oxygen atoms in total. The van der Waals surface area contributed by atoms with Gasteiger partial charge in [-0.15, -0.1) is 0 Å². The van der Waals surface area contributed by atoms with Gasteiger partial charge in [0, 0.05) is 6.07 Å². The van der Waals surface area contributed by atoms with Crippen LogP contribution in [0.3, 0.4) is 0 Å². The molecular formula is C22H20O6. The average Bonchev–Trinajstić information content (AvgIpc) is 3.12. The molecule has 1 N–H and O–H groups in total. The van der Waals surface area contributed by atoms with Crippen molar-refractivity contribution < 1.29 is 28.8 Å². The first-order valence-corrected chi connectivity index (χ1v) is 8.82. The maximum atomic E-state index is 12.8. The van der Waals surface area contributed by atoms with E-state index in [1.807, 2.05) is 26.0 Å². The Morgan fingerprint density at radius 1 is 1.18 bits per heavy atom. The van der Waals surface area contributed by atoms with Crippen LogP contribution >= 0.6 is 0 Å². The molecule has 2 aromatic carbocycles. The second-order valence-electron chi connectivity index (χ2n) is 7.06. The standard InChI is InChI=1S/C22H20O6/c1-22(2)9-8-14-17(28-22)11-19(25-3)20(21(14)24)15(23)6-4-13-5-7-16-18(10-13)27-12-26-16/h4-11,24H,12H2,1-3H3. The van der Waals surface area contributed by atoms with E-state index in [1.54, 1.807) is 30.4 Å². The Labute approximate surface area is 162 Å². The van der Waals surface area contributed by atoms with Crippen LogP contribution in [0.2, 0.25) is 0 Å². The molecule has 4 rings (SSSR count). The van der Waals surface area contributed by atoms with Gasteiger partial charge in [-0.1, -0.05) is 12.1 Å². The minimum absolute atomic E-state index is 0.0891. The van der Waals surface area contributed by atoms with Gasteiger partial charge in [0.1, 0.15) is 28.4 Å². The zero-order chi connectivity index (χ0) is 19.9. The lowest BCUT2D eigenvalue weighted by Crippen LogP contribution is -2.27. The van der Waals surface area contributed by atoms with Crippen LogP contribution in [0, 0.1) is 0 Å². The topological polar surface area (TPSA) is 74.2 Å². The highest BCUT2D eigenvalue weighted by Crippen LogP contribution is 2.43.